The molecule has 5 heteroatoms. The quantitative estimate of drug-likeness (QED) is 0.769. The van der Waals surface area contributed by atoms with E-state index in [2.05, 4.69) is 15.9 Å². The monoisotopic (exact) mass is 323 g/mol. The van der Waals surface area contributed by atoms with E-state index in [1.807, 2.05) is 27.0 Å². The lowest BCUT2D eigenvalue weighted by molar-refractivity contribution is 0.0798. The zero-order chi connectivity index (χ0) is 12.3. The average Bonchev–Trinajstić information content (AvgIpc) is 2.54. The third-order valence-electron chi connectivity index (χ3n) is 2.28. The number of thiophene rings is 1. The smallest absolute Gasteiger partial charge is 0.263 e. The Balaban J connectivity index is 2.63. The lowest BCUT2D eigenvalue weighted by atomic mass is 10.3. The zero-order valence-corrected chi connectivity index (χ0v) is 12.7. The van der Waals surface area contributed by atoms with Crippen LogP contribution in [0.2, 0.25) is 0 Å². The maximum atomic E-state index is 12.0. The molecular weight excluding hydrogens is 310 g/mol. The molecule has 0 spiro atoms. The van der Waals surface area contributed by atoms with E-state index in [4.69, 9.17) is 11.6 Å². The van der Waals surface area contributed by atoms with E-state index < -0.39 is 0 Å². The Morgan fingerprint density at radius 2 is 2.31 bits per heavy atom. The van der Waals surface area contributed by atoms with Gasteiger partial charge in [-0.3, -0.25) is 4.79 Å². The van der Waals surface area contributed by atoms with Crippen molar-refractivity contribution in [2.75, 3.05) is 13.6 Å². The molecule has 1 unspecified atom stereocenters. The van der Waals surface area contributed by atoms with Crippen LogP contribution in [-0.2, 0) is 0 Å². The topological polar surface area (TPSA) is 20.3 Å². The van der Waals surface area contributed by atoms with Crippen LogP contribution in [-0.4, -0.2) is 29.8 Å². The number of nitrogens with zero attached hydrogens (tertiary/aromatic N) is 1. The second-order valence-electron chi connectivity index (χ2n) is 3.86. The van der Waals surface area contributed by atoms with Gasteiger partial charge in [0, 0.05) is 19.0 Å². The first-order chi connectivity index (χ1) is 7.41. The molecule has 0 saturated carbocycles. The maximum Gasteiger partial charge on any atom is 0.263 e. The fourth-order valence-corrected chi connectivity index (χ4v) is 2.85. The average molecular weight is 325 g/mol. The Bertz CT molecular complexity index is 359. The van der Waals surface area contributed by atoms with E-state index in [-0.39, 0.29) is 11.3 Å². The van der Waals surface area contributed by atoms with E-state index >= 15 is 0 Å². The van der Waals surface area contributed by atoms with Crippen LogP contribution < -0.4 is 0 Å². The first-order valence-electron chi connectivity index (χ1n) is 5.07. The molecule has 0 aliphatic carbocycles. The summed E-state index contributed by atoms with van der Waals surface area (Å²) in [6.45, 7) is 4.61. The van der Waals surface area contributed by atoms with Crippen LogP contribution in [0.15, 0.2) is 9.85 Å². The Labute approximate surface area is 114 Å². The van der Waals surface area contributed by atoms with Gasteiger partial charge in [0.15, 0.2) is 0 Å². The Morgan fingerprint density at radius 1 is 1.69 bits per heavy atom. The molecule has 1 aromatic heterocycles. The van der Waals surface area contributed by atoms with E-state index in [9.17, 15) is 4.79 Å². The van der Waals surface area contributed by atoms with Gasteiger partial charge in [0.2, 0.25) is 0 Å². The summed E-state index contributed by atoms with van der Waals surface area (Å²) in [6, 6.07) is 1.91. The third kappa shape index (κ3) is 3.75. The molecule has 1 rings (SSSR count). The van der Waals surface area contributed by atoms with Crippen LogP contribution in [0.25, 0.3) is 0 Å². The molecule has 0 fully saturated rings. The maximum absolute atomic E-state index is 12.0. The van der Waals surface area contributed by atoms with E-state index in [1.54, 1.807) is 4.90 Å². The number of carbonyl (C=O) groups excluding carboxylic acids is 1. The second kappa shape index (κ2) is 6.03. The number of hydrogen-bond acceptors (Lipinski definition) is 2. The molecule has 1 atom stereocenters. The number of hydrogen-bond donors (Lipinski definition) is 0. The molecule has 16 heavy (non-hydrogen) atoms. The highest BCUT2D eigenvalue weighted by molar-refractivity contribution is 9.11. The normalized spacial score (nSPS) is 12.6. The lowest BCUT2D eigenvalue weighted by Crippen LogP contribution is -2.28. The molecule has 0 saturated heterocycles. The Kier molecular flexibility index (Phi) is 5.28. The second-order valence-corrected chi connectivity index (χ2v) is 6.98. The first kappa shape index (κ1) is 14.0. The molecule has 0 aliphatic heterocycles. The van der Waals surface area contributed by atoms with Crippen LogP contribution in [0.3, 0.4) is 0 Å². The molecule has 0 bridgehead atoms. The van der Waals surface area contributed by atoms with Gasteiger partial charge < -0.3 is 4.90 Å². The van der Waals surface area contributed by atoms with Crippen molar-refractivity contribution in [3.63, 3.8) is 0 Å². The molecule has 0 aliphatic rings. The van der Waals surface area contributed by atoms with Crippen LogP contribution in [0.1, 0.15) is 28.6 Å². The van der Waals surface area contributed by atoms with Gasteiger partial charge in [0.25, 0.3) is 5.91 Å². The fraction of sp³-hybridized carbons (Fsp3) is 0.545. The van der Waals surface area contributed by atoms with Gasteiger partial charge in [-0.2, -0.15) is 0 Å². The van der Waals surface area contributed by atoms with E-state index in [0.29, 0.717) is 6.54 Å². The van der Waals surface area contributed by atoms with Crippen molar-refractivity contribution in [1.82, 2.24) is 4.90 Å². The van der Waals surface area contributed by atoms with E-state index in [1.165, 1.54) is 11.3 Å². The summed E-state index contributed by atoms with van der Waals surface area (Å²) in [6.07, 6.45) is 0.815. The molecule has 90 valence electrons. The summed E-state index contributed by atoms with van der Waals surface area (Å²) < 4.78 is 1.02. The summed E-state index contributed by atoms with van der Waals surface area (Å²) in [4.78, 5) is 14.5. The molecule has 1 heterocycles. The van der Waals surface area contributed by atoms with Gasteiger partial charge in [-0.05, 0) is 47.8 Å². The number of amides is 1. The molecule has 0 N–H and O–H groups in total. The van der Waals surface area contributed by atoms with Gasteiger partial charge in [-0.25, -0.2) is 0 Å². The van der Waals surface area contributed by atoms with Crippen molar-refractivity contribution in [3.8, 4) is 0 Å². The minimum absolute atomic E-state index is 0.0658. The van der Waals surface area contributed by atoms with Crippen molar-refractivity contribution >= 4 is 44.8 Å². The minimum atomic E-state index is 0.0658. The molecule has 1 aromatic rings. The molecule has 0 radical (unpaired) electrons. The van der Waals surface area contributed by atoms with Crippen LogP contribution in [0, 0.1) is 6.92 Å². The van der Waals surface area contributed by atoms with Crippen LogP contribution in [0.4, 0.5) is 0 Å². The Hall–Kier alpha value is -0.0600. The molecular formula is C11H15BrClNOS. The van der Waals surface area contributed by atoms with Gasteiger partial charge in [-0.1, -0.05) is 0 Å². The standard InChI is InChI=1S/C11H15BrClNOS/c1-7-6-9(16-10(7)12)11(15)14(3)5-4-8(2)13/h6,8H,4-5H2,1-3H3. The predicted octanol–water partition coefficient (Wildman–Crippen LogP) is 3.91. The van der Waals surface area contributed by atoms with Crippen molar-refractivity contribution in [1.29, 1.82) is 0 Å². The van der Waals surface area contributed by atoms with Crippen LogP contribution >= 0.6 is 38.9 Å². The summed E-state index contributed by atoms with van der Waals surface area (Å²) in [5, 5.41) is 0.104. The lowest BCUT2D eigenvalue weighted by Gasteiger charge is -2.16. The summed E-state index contributed by atoms with van der Waals surface area (Å²) in [7, 11) is 1.81. The number of aryl methyl sites for hydroxylation is 1. The Morgan fingerprint density at radius 3 is 2.75 bits per heavy atom. The van der Waals surface area contributed by atoms with Gasteiger partial charge in [0.1, 0.15) is 0 Å². The van der Waals surface area contributed by atoms with Crippen molar-refractivity contribution in [2.45, 2.75) is 25.6 Å². The molecule has 2 nitrogen and oxygen atoms in total. The predicted molar refractivity (Wildman–Crippen MR) is 73.6 cm³/mol. The molecule has 1 amide bonds. The third-order valence-corrected chi connectivity index (χ3v) is 4.62. The zero-order valence-electron chi connectivity index (χ0n) is 9.59. The number of rotatable bonds is 4. The first-order valence-corrected chi connectivity index (χ1v) is 7.12. The van der Waals surface area contributed by atoms with Crippen molar-refractivity contribution < 1.29 is 4.79 Å². The van der Waals surface area contributed by atoms with E-state index in [0.717, 1.165) is 20.6 Å². The highest BCUT2D eigenvalue weighted by Gasteiger charge is 2.15. The number of alkyl halides is 1. The summed E-state index contributed by atoms with van der Waals surface area (Å²) >= 11 is 10.8. The van der Waals surface area contributed by atoms with Gasteiger partial charge in [0.05, 0.1) is 8.66 Å². The van der Waals surface area contributed by atoms with Crippen LogP contribution in [0.5, 0.6) is 0 Å². The van der Waals surface area contributed by atoms with Gasteiger partial charge in [-0.15, -0.1) is 22.9 Å². The number of carbonyl (C=O) groups is 1. The highest BCUT2D eigenvalue weighted by Crippen LogP contribution is 2.28. The highest BCUT2D eigenvalue weighted by atomic mass is 79.9. The SMILES string of the molecule is Cc1cc(C(=O)N(C)CCC(C)Cl)sc1Br. The van der Waals surface area contributed by atoms with Crippen molar-refractivity contribution in [3.05, 3.63) is 20.3 Å². The van der Waals surface area contributed by atoms with Crippen molar-refractivity contribution in [2.24, 2.45) is 0 Å². The minimum Gasteiger partial charge on any atom is -0.341 e. The number of halogens is 2. The molecule has 0 aromatic carbocycles. The van der Waals surface area contributed by atoms with Gasteiger partial charge >= 0.3 is 0 Å². The summed E-state index contributed by atoms with van der Waals surface area (Å²) in [5.74, 6) is 0.0658. The fourth-order valence-electron chi connectivity index (χ4n) is 1.23. The largest absolute Gasteiger partial charge is 0.341 e. The summed E-state index contributed by atoms with van der Waals surface area (Å²) in [5.41, 5.74) is 1.10.